The summed E-state index contributed by atoms with van der Waals surface area (Å²) in [5.41, 5.74) is 2.40. The monoisotopic (exact) mass is 413 g/mol. The van der Waals surface area contributed by atoms with Crippen LogP contribution in [0.3, 0.4) is 0 Å². The molecule has 0 N–H and O–H groups in total. The molecule has 3 aromatic carbocycles. The van der Waals surface area contributed by atoms with Crippen LogP contribution in [-0.4, -0.2) is 18.2 Å². The lowest BCUT2D eigenvalue weighted by molar-refractivity contribution is -0.384. The van der Waals surface area contributed by atoms with E-state index in [-0.39, 0.29) is 5.69 Å². The number of furan rings is 1. The fourth-order valence-electron chi connectivity index (χ4n) is 3.10. The minimum atomic E-state index is -0.464. The number of non-ortho nitro benzene ring substituents is 1. The Labute approximate surface area is 179 Å². The van der Waals surface area contributed by atoms with E-state index in [1.54, 1.807) is 24.4 Å². The Morgan fingerprint density at radius 3 is 2.16 bits per heavy atom. The van der Waals surface area contributed by atoms with Gasteiger partial charge in [-0.05, 0) is 42.5 Å². The highest BCUT2D eigenvalue weighted by atomic mass is 16.6. The molecule has 4 aromatic rings. The highest BCUT2D eigenvalue weighted by molar-refractivity contribution is 5.80. The largest absolute Gasteiger partial charge is 0.496 e. The molecule has 154 valence electrons. The van der Waals surface area contributed by atoms with Crippen LogP contribution in [0.1, 0.15) is 5.76 Å². The van der Waals surface area contributed by atoms with Gasteiger partial charge in [0.15, 0.2) is 0 Å². The zero-order valence-corrected chi connectivity index (χ0v) is 16.7. The number of anilines is 2. The average Bonchev–Trinajstić information content (AvgIpc) is 3.29. The third-order valence-corrected chi connectivity index (χ3v) is 4.59. The molecule has 0 aliphatic heterocycles. The molecule has 0 amide bonds. The quantitative estimate of drug-likeness (QED) is 0.210. The van der Waals surface area contributed by atoms with Crippen LogP contribution in [0.2, 0.25) is 0 Å². The van der Waals surface area contributed by atoms with Gasteiger partial charge in [0.05, 0.1) is 41.3 Å². The molecule has 0 saturated heterocycles. The van der Waals surface area contributed by atoms with Gasteiger partial charge in [0, 0.05) is 6.07 Å². The molecule has 0 spiro atoms. The fourth-order valence-corrected chi connectivity index (χ4v) is 3.10. The lowest BCUT2D eigenvalue weighted by Gasteiger charge is -2.18. The van der Waals surface area contributed by atoms with E-state index >= 15 is 0 Å². The molecule has 0 aliphatic rings. The van der Waals surface area contributed by atoms with Crippen molar-refractivity contribution in [2.24, 2.45) is 5.10 Å². The van der Waals surface area contributed by atoms with Crippen LogP contribution in [0.15, 0.2) is 101 Å². The summed E-state index contributed by atoms with van der Waals surface area (Å²) in [6.07, 6.45) is 1.63. The number of hydrogen-bond acceptors (Lipinski definition) is 6. The van der Waals surface area contributed by atoms with E-state index in [0.29, 0.717) is 22.8 Å². The van der Waals surface area contributed by atoms with Crippen LogP contribution in [0.5, 0.6) is 5.75 Å². The summed E-state index contributed by atoms with van der Waals surface area (Å²) in [5, 5.41) is 17.4. The maximum absolute atomic E-state index is 11.0. The molecule has 31 heavy (non-hydrogen) atoms. The molecule has 0 aliphatic carbocycles. The second-order valence-corrected chi connectivity index (χ2v) is 6.57. The van der Waals surface area contributed by atoms with E-state index in [4.69, 9.17) is 9.15 Å². The highest BCUT2D eigenvalue weighted by Gasteiger charge is 2.15. The first-order valence-electron chi connectivity index (χ1n) is 9.52. The smallest absolute Gasteiger partial charge is 0.273 e. The summed E-state index contributed by atoms with van der Waals surface area (Å²) in [4.78, 5) is 10.5. The fraction of sp³-hybridized carbons (Fsp3) is 0.0417. The van der Waals surface area contributed by atoms with Gasteiger partial charge in [-0.15, -0.1) is 0 Å². The van der Waals surface area contributed by atoms with E-state index in [0.717, 1.165) is 11.4 Å². The van der Waals surface area contributed by atoms with E-state index in [1.807, 2.05) is 65.7 Å². The molecule has 4 rings (SSSR count). The summed E-state index contributed by atoms with van der Waals surface area (Å²) in [6.45, 7) is 0. The van der Waals surface area contributed by atoms with E-state index in [2.05, 4.69) is 5.10 Å². The molecule has 7 heteroatoms. The number of para-hydroxylation sites is 2. The Morgan fingerprint density at radius 2 is 1.58 bits per heavy atom. The molecule has 0 fully saturated rings. The van der Waals surface area contributed by atoms with Crippen LogP contribution < -0.4 is 9.75 Å². The molecule has 1 aromatic heterocycles. The predicted octanol–water partition coefficient (Wildman–Crippen LogP) is 6.04. The van der Waals surface area contributed by atoms with Crippen molar-refractivity contribution in [3.63, 3.8) is 0 Å². The van der Waals surface area contributed by atoms with Crippen molar-refractivity contribution < 1.29 is 14.1 Å². The summed E-state index contributed by atoms with van der Waals surface area (Å²) in [5.74, 6) is 1.42. The van der Waals surface area contributed by atoms with Crippen LogP contribution in [-0.2, 0) is 0 Å². The zero-order chi connectivity index (χ0) is 21.6. The number of benzene rings is 3. The maximum atomic E-state index is 11.0. The molecule has 0 radical (unpaired) electrons. The normalized spacial score (nSPS) is 10.9. The van der Waals surface area contributed by atoms with E-state index < -0.39 is 4.92 Å². The summed E-state index contributed by atoms with van der Waals surface area (Å²) in [7, 11) is 1.46. The van der Waals surface area contributed by atoms with E-state index in [9.17, 15) is 10.1 Å². The molecular formula is C24H19N3O4. The first kappa shape index (κ1) is 19.9. The van der Waals surface area contributed by atoms with Crippen molar-refractivity contribution in [1.29, 1.82) is 0 Å². The predicted molar refractivity (Wildman–Crippen MR) is 120 cm³/mol. The Hall–Kier alpha value is -4.39. The number of ether oxygens (including phenoxy) is 1. The SMILES string of the molecule is COc1cc([N+](=O)[O-])ccc1-c1ccc(C=NN(c2ccccc2)c2ccccc2)o1. The second-order valence-electron chi connectivity index (χ2n) is 6.57. The van der Waals surface area contributed by atoms with Crippen molar-refractivity contribution in [1.82, 2.24) is 0 Å². The number of methoxy groups -OCH3 is 1. The molecule has 1 heterocycles. The number of nitro benzene ring substituents is 1. The lowest BCUT2D eigenvalue weighted by atomic mass is 10.1. The van der Waals surface area contributed by atoms with Crippen molar-refractivity contribution in [2.75, 3.05) is 12.1 Å². The Balaban J connectivity index is 1.64. The van der Waals surface area contributed by atoms with Gasteiger partial charge >= 0.3 is 0 Å². The Morgan fingerprint density at radius 1 is 0.935 bits per heavy atom. The minimum absolute atomic E-state index is 0.0460. The first-order valence-corrected chi connectivity index (χ1v) is 9.52. The number of nitro groups is 1. The van der Waals surface area contributed by atoms with Gasteiger partial charge in [0.25, 0.3) is 5.69 Å². The topological polar surface area (TPSA) is 81.1 Å². The highest BCUT2D eigenvalue weighted by Crippen LogP contribution is 2.34. The average molecular weight is 413 g/mol. The minimum Gasteiger partial charge on any atom is -0.496 e. The van der Waals surface area contributed by atoms with Crippen molar-refractivity contribution in [2.45, 2.75) is 0 Å². The number of nitrogens with zero attached hydrogens (tertiary/aromatic N) is 3. The second kappa shape index (κ2) is 8.96. The molecule has 0 unspecified atom stereocenters. The Bertz CT molecular complexity index is 1160. The first-order chi connectivity index (χ1) is 15.2. The molecule has 0 saturated carbocycles. The van der Waals surface area contributed by atoms with Crippen LogP contribution >= 0.6 is 0 Å². The van der Waals surface area contributed by atoms with Crippen LogP contribution in [0.4, 0.5) is 17.1 Å². The van der Waals surface area contributed by atoms with Crippen LogP contribution in [0, 0.1) is 10.1 Å². The van der Waals surface area contributed by atoms with Gasteiger partial charge in [-0.25, -0.2) is 5.01 Å². The third kappa shape index (κ3) is 4.45. The molecule has 0 atom stereocenters. The molecule has 0 bridgehead atoms. The number of hydrazone groups is 1. The number of hydrogen-bond donors (Lipinski definition) is 0. The zero-order valence-electron chi connectivity index (χ0n) is 16.7. The van der Waals surface area contributed by atoms with E-state index in [1.165, 1.54) is 19.2 Å². The van der Waals surface area contributed by atoms with Gasteiger partial charge in [-0.3, -0.25) is 10.1 Å². The van der Waals surface area contributed by atoms with Gasteiger partial charge < -0.3 is 9.15 Å². The van der Waals surface area contributed by atoms with Gasteiger partial charge in [0.2, 0.25) is 0 Å². The summed E-state index contributed by atoms with van der Waals surface area (Å²) >= 11 is 0. The lowest BCUT2D eigenvalue weighted by Crippen LogP contribution is -2.08. The molecule has 7 nitrogen and oxygen atoms in total. The summed E-state index contributed by atoms with van der Waals surface area (Å²) in [6, 6.07) is 27.6. The maximum Gasteiger partial charge on any atom is 0.273 e. The van der Waals surface area contributed by atoms with Gasteiger partial charge in [0.1, 0.15) is 17.3 Å². The molecular weight excluding hydrogens is 394 g/mol. The third-order valence-electron chi connectivity index (χ3n) is 4.59. The van der Waals surface area contributed by atoms with Gasteiger partial charge in [-0.2, -0.15) is 5.10 Å². The Kier molecular flexibility index (Phi) is 5.75. The van der Waals surface area contributed by atoms with Crippen molar-refractivity contribution in [3.8, 4) is 17.1 Å². The van der Waals surface area contributed by atoms with Crippen molar-refractivity contribution in [3.05, 3.63) is 107 Å². The van der Waals surface area contributed by atoms with Gasteiger partial charge in [-0.1, -0.05) is 36.4 Å². The standard InChI is InChI=1S/C24H19N3O4/c1-30-24-16-20(27(28)29)12-14-22(24)23-15-13-21(31-23)17-25-26(18-8-4-2-5-9-18)19-10-6-3-7-11-19/h2-17H,1H3. The number of rotatable bonds is 7. The van der Waals surface area contributed by atoms with Crippen LogP contribution in [0.25, 0.3) is 11.3 Å². The summed E-state index contributed by atoms with van der Waals surface area (Å²) < 4.78 is 11.2. The van der Waals surface area contributed by atoms with Crippen molar-refractivity contribution >= 4 is 23.3 Å².